The Morgan fingerprint density at radius 3 is 2.80 bits per heavy atom. The van der Waals surface area contributed by atoms with Gasteiger partial charge in [0, 0.05) is 26.0 Å². The molecule has 1 aromatic carbocycles. The van der Waals surface area contributed by atoms with Gasteiger partial charge >= 0.3 is 12.1 Å². The molecule has 1 aromatic rings. The highest BCUT2D eigenvalue weighted by atomic mass is 19.4. The largest absolute Gasteiger partial charge is 0.480 e. The van der Waals surface area contributed by atoms with E-state index in [4.69, 9.17) is 9.84 Å². The maximum atomic E-state index is 12.8. The lowest BCUT2D eigenvalue weighted by Crippen LogP contribution is -2.33. The third-order valence-electron chi connectivity index (χ3n) is 4.79. The number of aliphatic hydroxyl groups is 1. The van der Waals surface area contributed by atoms with Crippen molar-refractivity contribution in [2.75, 3.05) is 19.8 Å². The molecular formula is C21H26F3NO5. The van der Waals surface area contributed by atoms with E-state index in [9.17, 15) is 27.9 Å². The summed E-state index contributed by atoms with van der Waals surface area (Å²) in [5, 5.41) is 18.7. The van der Waals surface area contributed by atoms with Crippen LogP contribution in [0.15, 0.2) is 36.4 Å². The minimum absolute atomic E-state index is 0.00322. The molecule has 9 heteroatoms. The van der Waals surface area contributed by atoms with E-state index in [0.29, 0.717) is 44.4 Å². The van der Waals surface area contributed by atoms with Crippen molar-refractivity contribution in [3.05, 3.63) is 47.5 Å². The van der Waals surface area contributed by atoms with Gasteiger partial charge in [-0.05, 0) is 30.9 Å². The van der Waals surface area contributed by atoms with Crippen molar-refractivity contribution in [3.8, 4) is 0 Å². The fourth-order valence-electron chi connectivity index (χ4n) is 3.33. The number of halogens is 3. The number of benzene rings is 1. The molecule has 0 aromatic heterocycles. The Morgan fingerprint density at radius 2 is 2.10 bits per heavy atom. The number of carbonyl (C=O) groups is 2. The van der Waals surface area contributed by atoms with Crippen LogP contribution in [-0.4, -0.2) is 58.9 Å². The Balaban J connectivity index is 1.83. The lowest BCUT2D eigenvalue weighted by molar-refractivity contribution is -0.142. The second kappa shape index (κ2) is 11.1. The number of ether oxygens (including phenoxy) is 1. The van der Waals surface area contributed by atoms with E-state index < -0.39 is 23.8 Å². The minimum Gasteiger partial charge on any atom is -0.480 e. The first kappa shape index (κ1) is 23.9. The number of aliphatic hydroxyl groups excluding tert-OH is 1. The van der Waals surface area contributed by atoms with Crippen molar-refractivity contribution in [1.82, 2.24) is 4.90 Å². The molecule has 0 saturated carbocycles. The number of unbranched alkanes of at least 4 members (excludes halogenated alkanes) is 1. The van der Waals surface area contributed by atoms with Crippen LogP contribution in [0.3, 0.4) is 0 Å². The highest BCUT2D eigenvalue weighted by molar-refractivity contribution is 5.79. The molecule has 30 heavy (non-hydrogen) atoms. The van der Waals surface area contributed by atoms with Crippen molar-refractivity contribution in [2.45, 2.75) is 50.4 Å². The number of aliphatic carboxylic acids is 1. The predicted molar refractivity (Wildman–Crippen MR) is 103 cm³/mol. The highest BCUT2D eigenvalue weighted by Crippen LogP contribution is 2.29. The zero-order chi connectivity index (χ0) is 22.1. The molecule has 0 spiro atoms. The Bertz CT molecular complexity index is 750. The summed E-state index contributed by atoms with van der Waals surface area (Å²) in [4.78, 5) is 24.1. The fraction of sp³-hybridized carbons (Fsp3) is 0.524. The summed E-state index contributed by atoms with van der Waals surface area (Å²) < 4.78 is 43.3. The summed E-state index contributed by atoms with van der Waals surface area (Å²) in [6.45, 7) is 0.441. The van der Waals surface area contributed by atoms with E-state index in [-0.39, 0.29) is 25.0 Å². The molecule has 0 unspecified atom stereocenters. The summed E-state index contributed by atoms with van der Waals surface area (Å²) in [5.74, 6) is -1.03. The van der Waals surface area contributed by atoms with Gasteiger partial charge in [0.1, 0.15) is 6.61 Å². The summed E-state index contributed by atoms with van der Waals surface area (Å²) in [6.07, 6.45) is 0.179. The van der Waals surface area contributed by atoms with Crippen LogP contribution in [0.1, 0.15) is 36.8 Å². The minimum atomic E-state index is -4.43. The van der Waals surface area contributed by atoms with E-state index in [0.717, 1.165) is 12.1 Å². The molecule has 0 bridgehead atoms. The van der Waals surface area contributed by atoms with Crippen LogP contribution in [0, 0.1) is 0 Å². The Hall–Kier alpha value is -2.39. The molecule has 1 heterocycles. The van der Waals surface area contributed by atoms with Crippen LogP contribution < -0.4 is 0 Å². The molecule has 2 rings (SSSR count). The average molecular weight is 429 g/mol. The number of hydrogen-bond acceptors (Lipinski definition) is 4. The van der Waals surface area contributed by atoms with Crippen molar-refractivity contribution >= 4 is 11.9 Å². The van der Waals surface area contributed by atoms with E-state index >= 15 is 0 Å². The first-order chi connectivity index (χ1) is 14.2. The molecule has 1 aliphatic heterocycles. The first-order valence-corrected chi connectivity index (χ1v) is 9.78. The van der Waals surface area contributed by atoms with Gasteiger partial charge in [0.25, 0.3) is 0 Å². The number of carboxylic acids is 1. The lowest BCUT2D eigenvalue weighted by atomic mass is 10.0. The third kappa shape index (κ3) is 7.79. The van der Waals surface area contributed by atoms with Gasteiger partial charge in [0.2, 0.25) is 5.91 Å². The van der Waals surface area contributed by atoms with E-state index in [1.165, 1.54) is 18.2 Å². The number of nitrogens with zero attached hydrogens (tertiary/aromatic N) is 1. The number of hydrogen-bond donors (Lipinski definition) is 2. The Kier molecular flexibility index (Phi) is 8.86. The number of carboxylic acid groups (broad SMARTS) is 1. The Morgan fingerprint density at radius 1 is 1.33 bits per heavy atom. The second-order valence-electron chi connectivity index (χ2n) is 7.20. The molecule has 2 atom stereocenters. The first-order valence-electron chi connectivity index (χ1n) is 9.78. The molecule has 1 aliphatic rings. The molecule has 6 nitrogen and oxygen atoms in total. The second-order valence-corrected chi connectivity index (χ2v) is 7.20. The maximum Gasteiger partial charge on any atom is 0.416 e. The van der Waals surface area contributed by atoms with Gasteiger partial charge < -0.3 is 19.8 Å². The zero-order valence-electron chi connectivity index (χ0n) is 16.5. The van der Waals surface area contributed by atoms with Gasteiger partial charge in [-0.3, -0.25) is 4.79 Å². The zero-order valence-corrected chi connectivity index (χ0v) is 16.5. The summed E-state index contributed by atoms with van der Waals surface area (Å²) in [5.41, 5.74) is -0.376. The molecular weight excluding hydrogens is 403 g/mol. The maximum absolute atomic E-state index is 12.8. The normalized spacial score (nSPS) is 18.3. The van der Waals surface area contributed by atoms with Crippen molar-refractivity contribution in [1.29, 1.82) is 0 Å². The fourth-order valence-corrected chi connectivity index (χ4v) is 3.33. The molecule has 1 fully saturated rings. The predicted octanol–water partition coefficient (Wildman–Crippen LogP) is 3.04. The van der Waals surface area contributed by atoms with Gasteiger partial charge in [-0.1, -0.05) is 30.4 Å². The van der Waals surface area contributed by atoms with Gasteiger partial charge in [0.05, 0.1) is 17.7 Å². The molecule has 1 saturated heterocycles. The number of rotatable bonds is 11. The third-order valence-corrected chi connectivity index (χ3v) is 4.79. The lowest BCUT2D eigenvalue weighted by Gasteiger charge is -2.22. The van der Waals surface area contributed by atoms with Crippen LogP contribution in [0.5, 0.6) is 0 Å². The van der Waals surface area contributed by atoms with Crippen LogP contribution in [0.4, 0.5) is 13.2 Å². The number of likely N-dealkylation sites (tertiary alicyclic amines) is 1. The standard InChI is InChI=1S/C21H26F3NO5/c22-21(23,24)16-5-3-4-15(12-16)13-18(26)8-6-17-7-9-19(27)25(17)10-1-2-11-30-14-20(28)29/h3-6,8,12,17-18,26H,1-2,7,9-11,13-14H2,(H,28,29)/t17-,18+/m0/s1. The SMILES string of the molecule is O=C(O)COCCCCN1C(=O)CC[C@@H]1C=C[C@@H](O)Cc1cccc(C(F)(F)F)c1. The molecule has 0 radical (unpaired) electrons. The quantitative estimate of drug-likeness (QED) is 0.417. The van der Waals surface area contributed by atoms with Crippen LogP contribution in [-0.2, 0) is 26.9 Å². The number of carbonyl (C=O) groups excluding carboxylic acids is 1. The van der Waals surface area contributed by atoms with Crippen molar-refractivity contribution in [2.24, 2.45) is 0 Å². The Labute approximate surface area is 172 Å². The molecule has 0 aliphatic carbocycles. The van der Waals surface area contributed by atoms with Gasteiger partial charge in [-0.25, -0.2) is 4.79 Å². The summed E-state index contributed by atoms with van der Waals surface area (Å²) in [7, 11) is 0. The van der Waals surface area contributed by atoms with E-state index in [1.807, 2.05) is 0 Å². The van der Waals surface area contributed by atoms with Crippen LogP contribution in [0.2, 0.25) is 0 Å². The van der Waals surface area contributed by atoms with Gasteiger partial charge in [-0.2, -0.15) is 13.2 Å². The summed E-state index contributed by atoms with van der Waals surface area (Å²) >= 11 is 0. The monoisotopic (exact) mass is 429 g/mol. The van der Waals surface area contributed by atoms with Crippen molar-refractivity contribution < 1.29 is 37.7 Å². The topological polar surface area (TPSA) is 87.1 Å². The average Bonchev–Trinajstić information content (AvgIpc) is 3.02. The molecule has 166 valence electrons. The van der Waals surface area contributed by atoms with E-state index in [1.54, 1.807) is 11.0 Å². The number of amides is 1. The van der Waals surface area contributed by atoms with E-state index in [2.05, 4.69) is 0 Å². The number of alkyl halides is 3. The molecule has 2 N–H and O–H groups in total. The van der Waals surface area contributed by atoms with Crippen LogP contribution in [0.25, 0.3) is 0 Å². The van der Waals surface area contributed by atoms with Gasteiger partial charge in [-0.15, -0.1) is 0 Å². The van der Waals surface area contributed by atoms with Crippen molar-refractivity contribution in [3.63, 3.8) is 0 Å². The smallest absolute Gasteiger partial charge is 0.416 e. The highest BCUT2D eigenvalue weighted by Gasteiger charge is 2.30. The van der Waals surface area contributed by atoms with Crippen LogP contribution >= 0.6 is 0 Å². The molecule has 1 amide bonds. The summed E-state index contributed by atoms with van der Waals surface area (Å²) in [6, 6.07) is 4.68. The van der Waals surface area contributed by atoms with Gasteiger partial charge in [0.15, 0.2) is 0 Å².